The lowest BCUT2D eigenvalue weighted by atomic mass is 10.1. The van der Waals surface area contributed by atoms with Crippen LogP contribution in [0, 0.1) is 6.92 Å². The first-order valence-electron chi connectivity index (χ1n) is 9.02. The number of hydrogen-bond acceptors (Lipinski definition) is 3. The first-order valence-corrected chi connectivity index (χ1v) is 9.02. The number of carbonyl (C=O) groups is 1. The maximum absolute atomic E-state index is 12.4. The van der Waals surface area contributed by atoms with Crippen molar-refractivity contribution in [3.8, 4) is 5.75 Å². The van der Waals surface area contributed by atoms with Gasteiger partial charge < -0.3 is 10.1 Å². The molecule has 4 heteroatoms. The normalized spacial score (nSPS) is 14.6. The van der Waals surface area contributed by atoms with Gasteiger partial charge >= 0.3 is 0 Å². The molecule has 0 saturated carbocycles. The third-order valence-electron chi connectivity index (χ3n) is 4.66. The zero-order chi connectivity index (χ0) is 18.4. The Balaban J connectivity index is 1.51. The van der Waals surface area contributed by atoms with Crippen LogP contribution in [0.25, 0.3) is 0 Å². The monoisotopic (exact) mass is 350 g/mol. The zero-order valence-electron chi connectivity index (χ0n) is 15.5. The molecule has 0 atom stereocenters. The number of ether oxygens (including phenoxy) is 1. The van der Waals surface area contributed by atoms with E-state index in [1.807, 2.05) is 24.3 Å². The van der Waals surface area contributed by atoms with Gasteiger partial charge in [0.15, 0.2) is 0 Å². The standard InChI is InChI=1S/C22H26N2O2/c1-17-5-3-6-18(13-17)15-23-22(25)20-9-11-24(12-10-20)16-19-7-4-8-21(14-19)26-2/h3-9,13-14H,10-12,15-16H2,1-2H3,(H,23,25). The first kappa shape index (κ1) is 18.2. The fraction of sp³-hybridized carbons (Fsp3) is 0.318. The smallest absolute Gasteiger partial charge is 0.247 e. The third kappa shape index (κ3) is 4.96. The third-order valence-corrected chi connectivity index (χ3v) is 4.66. The van der Waals surface area contributed by atoms with Crippen molar-refractivity contribution < 1.29 is 9.53 Å². The van der Waals surface area contributed by atoms with E-state index in [1.54, 1.807) is 7.11 Å². The fourth-order valence-electron chi connectivity index (χ4n) is 3.21. The molecule has 1 N–H and O–H groups in total. The van der Waals surface area contributed by atoms with Crippen molar-refractivity contribution in [1.82, 2.24) is 10.2 Å². The van der Waals surface area contributed by atoms with Gasteiger partial charge in [0.2, 0.25) is 5.91 Å². The van der Waals surface area contributed by atoms with Gasteiger partial charge in [0.1, 0.15) is 5.75 Å². The number of amides is 1. The molecular weight excluding hydrogens is 324 g/mol. The summed E-state index contributed by atoms with van der Waals surface area (Å²) in [5.41, 5.74) is 4.46. The molecule has 0 bridgehead atoms. The van der Waals surface area contributed by atoms with Gasteiger partial charge in [-0.3, -0.25) is 9.69 Å². The van der Waals surface area contributed by atoms with Crippen LogP contribution in [0.5, 0.6) is 5.75 Å². The lowest BCUT2D eigenvalue weighted by Gasteiger charge is -2.26. The van der Waals surface area contributed by atoms with Crippen molar-refractivity contribution in [2.75, 3.05) is 20.2 Å². The molecule has 0 radical (unpaired) electrons. The topological polar surface area (TPSA) is 41.6 Å². The Bertz CT molecular complexity index is 798. The number of rotatable bonds is 6. The molecule has 0 unspecified atom stereocenters. The van der Waals surface area contributed by atoms with Crippen LogP contribution in [0.2, 0.25) is 0 Å². The summed E-state index contributed by atoms with van der Waals surface area (Å²) in [7, 11) is 1.68. The molecule has 0 fully saturated rings. The summed E-state index contributed by atoms with van der Waals surface area (Å²) in [6.45, 7) is 5.19. The minimum Gasteiger partial charge on any atom is -0.497 e. The zero-order valence-corrected chi connectivity index (χ0v) is 15.5. The van der Waals surface area contributed by atoms with Crippen LogP contribution in [0.3, 0.4) is 0 Å². The Labute approximate surface area is 155 Å². The molecule has 1 amide bonds. The van der Waals surface area contributed by atoms with Gasteiger partial charge in [-0.05, 0) is 36.6 Å². The van der Waals surface area contributed by atoms with Crippen molar-refractivity contribution in [3.05, 3.63) is 76.9 Å². The van der Waals surface area contributed by atoms with E-state index in [-0.39, 0.29) is 5.91 Å². The minimum atomic E-state index is 0.0486. The lowest BCUT2D eigenvalue weighted by Crippen LogP contribution is -2.33. The number of aryl methyl sites for hydroxylation is 1. The van der Waals surface area contributed by atoms with Gasteiger partial charge in [-0.15, -0.1) is 0 Å². The molecule has 26 heavy (non-hydrogen) atoms. The fourth-order valence-corrected chi connectivity index (χ4v) is 3.21. The molecule has 2 aromatic carbocycles. The van der Waals surface area contributed by atoms with Gasteiger partial charge in [-0.1, -0.05) is 48.0 Å². The van der Waals surface area contributed by atoms with E-state index in [0.29, 0.717) is 6.54 Å². The Morgan fingerprint density at radius 3 is 2.69 bits per heavy atom. The minimum absolute atomic E-state index is 0.0486. The summed E-state index contributed by atoms with van der Waals surface area (Å²) in [5.74, 6) is 0.929. The number of nitrogens with one attached hydrogen (secondary N) is 1. The highest BCUT2D eigenvalue weighted by Crippen LogP contribution is 2.17. The number of benzene rings is 2. The molecule has 1 heterocycles. The predicted molar refractivity (Wildman–Crippen MR) is 104 cm³/mol. The maximum Gasteiger partial charge on any atom is 0.247 e. The van der Waals surface area contributed by atoms with Gasteiger partial charge in [0.05, 0.1) is 7.11 Å². The average Bonchev–Trinajstić information content (AvgIpc) is 2.67. The molecule has 0 saturated heterocycles. The van der Waals surface area contributed by atoms with Crippen molar-refractivity contribution >= 4 is 5.91 Å². The largest absolute Gasteiger partial charge is 0.497 e. The van der Waals surface area contributed by atoms with Gasteiger partial charge in [-0.2, -0.15) is 0 Å². The molecule has 1 aliphatic heterocycles. The highest BCUT2D eigenvalue weighted by Gasteiger charge is 2.17. The quantitative estimate of drug-likeness (QED) is 0.868. The Hall–Kier alpha value is -2.59. The van der Waals surface area contributed by atoms with E-state index in [1.165, 1.54) is 11.1 Å². The van der Waals surface area contributed by atoms with E-state index in [0.717, 1.165) is 42.9 Å². The molecule has 4 nitrogen and oxygen atoms in total. The number of methoxy groups -OCH3 is 1. The number of hydrogen-bond donors (Lipinski definition) is 1. The van der Waals surface area contributed by atoms with E-state index in [9.17, 15) is 4.79 Å². The molecule has 0 spiro atoms. The summed E-state index contributed by atoms with van der Waals surface area (Å²) in [4.78, 5) is 14.7. The van der Waals surface area contributed by atoms with Gasteiger partial charge in [-0.25, -0.2) is 0 Å². The molecule has 1 aliphatic rings. The van der Waals surface area contributed by atoms with Crippen molar-refractivity contribution in [2.45, 2.75) is 26.4 Å². The summed E-state index contributed by atoms with van der Waals surface area (Å²) in [6.07, 6.45) is 2.83. The van der Waals surface area contributed by atoms with Gasteiger partial charge in [0, 0.05) is 31.8 Å². The second-order valence-electron chi connectivity index (χ2n) is 6.74. The van der Waals surface area contributed by atoms with Crippen LogP contribution < -0.4 is 10.1 Å². The number of nitrogens with zero attached hydrogens (tertiary/aromatic N) is 1. The highest BCUT2D eigenvalue weighted by molar-refractivity contribution is 5.93. The average molecular weight is 350 g/mol. The summed E-state index contributed by atoms with van der Waals surface area (Å²) in [6, 6.07) is 16.4. The van der Waals surface area contributed by atoms with Crippen LogP contribution in [0.15, 0.2) is 60.2 Å². The van der Waals surface area contributed by atoms with Crippen LogP contribution in [0.1, 0.15) is 23.1 Å². The molecular formula is C22H26N2O2. The van der Waals surface area contributed by atoms with E-state index in [2.05, 4.69) is 47.5 Å². The SMILES string of the molecule is COc1cccc(CN2CC=C(C(=O)NCc3cccc(C)c3)CC2)c1. The van der Waals surface area contributed by atoms with E-state index < -0.39 is 0 Å². The second-order valence-corrected chi connectivity index (χ2v) is 6.74. The lowest BCUT2D eigenvalue weighted by molar-refractivity contribution is -0.117. The van der Waals surface area contributed by atoms with Crippen molar-refractivity contribution in [1.29, 1.82) is 0 Å². The summed E-state index contributed by atoms with van der Waals surface area (Å²) >= 11 is 0. The molecule has 136 valence electrons. The van der Waals surface area contributed by atoms with Crippen LogP contribution >= 0.6 is 0 Å². The molecule has 3 rings (SSSR count). The Morgan fingerprint density at radius 2 is 1.96 bits per heavy atom. The van der Waals surface area contributed by atoms with Crippen LogP contribution in [-0.4, -0.2) is 31.0 Å². The predicted octanol–water partition coefficient (Wildman–Crippen LogP) is 3.45. The van der Waals surface area contributed by atoms with Crippen molar-refractivity contribution in [3.63, 3.8) is 0 Å². The summed E-state index contributed by atoms with van der Waals surface area (Å²) < 4.78 is 5.28. The van der Waals surface area contributed by atoms with Gasteiger partial charge in [0.25, 0.3) is 0 Å². The van der Waals surface area contributed by atoms with Crippen molar-refractivity contribution in [2.24, 2.45) is 0 Å². The Kier molecular flexibility index (Phi) is 6.08. The van der Waals surface area contributed by atoms with E-state index in [4.69, 9.17) is 4.74 Å². The van der Waals surface area contributed by atoms with Crippen LogP contribution in [-0.2, 0) is 17.9 Å². The molecule has 0 aliphatic carbocycles. The van der Waals surface area contributed by atoms with Crippen LogP contribution in [0.4, 0.5) is 0 Å². The Morgan fingerprint density at radius 1 is 1.15 bits per heavy atom. The molecule has 0 aromatic heterocycles. The van der Waals surface area contributed by atoms with E-state index >= 15 is 0 Å². The highest BCUT2D eigenvalue weighted by atomic mass is 16.5. The first-order chi connectivity index (χ1) is 12.6. The number of carbonyl (C=O) groups excluding carboxylic acids is 1. The molecule has 2 aromatic rings. The second kappa shape index (κ2) is 8.68. The summed E-state index contributed by atoms with van der Waals surface area (Å²) in [5, 5.41) is 3.03. The maximum atomic E-state index is 12.4.